The molecule has 0 bridgehead atoms. The Bertz CT molecular complexity index is 633. The zero-order valence-corrected chi connectivity index (χ0v) is 12.8. The molecule has 2 rings (SSSR count). The number of Topliss-reactive ketones (excluding diaryl/α,β-unsaturated/α-hetero) is 1. The van der Waals surface area contributed by atoms with Crippen molar-refractivity contribution in [2.75, 3.05) is 0 Å². The fourth-order valence-corrected chi connectivity index (χ4v) is 2.34. The van der Waals surface area contributed by atoms with E-state index in [1.165, 1.54) is 6.07 Å². The van der Waals surface area contributed by atoms with Crippen LogP contribution in [0, 0.1) is 5.82 Å². The average Bonchev–Trinajstić information content (AvgIpc) is 2.45. The molecule has 2 aromatic rings. The normalized spacial score (nSPS) is 12.2. The summed E-state index contributed by atoms with van der Waals surface area (Å²) in [7, 11) is 0. The van der Waals surface area contributed by atoms with E-state index in [0.717, 1.165) is 5.56 Å². The molecule has 104 valence electrons. The molecule has 0 radical (unpaired) electrons. The molecule has 20 heavy (non-hydrogen) atoms. The number of nitrogens with two attached hydrogens (primary N) is 1. The van der Waals surface area contributed by atoms with Crippen LogP contribution in [0.1, 0.15) is 28.4 Å². The number of carbonyl (C=O) groups excluding carboxylic acids is 1. The van der Waals surface area contributed by atoms with Gasteiger partial charge in [0.1, 0.15) is 0 Å². The lowest BCUT2D eigenvalue weighted by Gasteiger charge is -2.12. The molecule has 1 atom stereocenters. The van der Waals surface area contributed by atoms with Gasteiger partial charge in [-0.3, -0.25) is 4.79 Å². The van der Waals surface area contributed by atoms with Crippen molar-refractivity contribution in [2.45, 2.75) is 12.5 Å². The van der Waals surface area contributed by atoms with Gasteiger partial charge in [0.25, 0.3) is 0 Å². The van der Waals surface area contributed by atoms with Crippen LogP contribution in [0.5, 0.6) is 0 Å². The third-order valence-electron chi connectivity index (χ3n) is 2.97. The predicted octanol–water partition coefficient (Wildman–Crippen LogP) is 4.51. The summed E-state index contributed by atoms with van der Waals surface area (Å²) in [6.07, 6.45) is 0.0267. The maximum atomic E-state index is 13.9. The minimum absolute atomic E-state index is 0.0267. The summed E-state index contributed by atoms with van der Waals surface area (Å²) in [4.78, 5) is 12.1. The zero-order valence-electron chi connectivity index (χ0n) is 10.4. The second-order valence-electron chi connectivity index (χ2n) is 4.37. The van der Waals surface area contributed by atoms with Gasteiger partial charge in [-0.2, -0.15) is 0 Å². The van der Waals surface area contributed by atoms with Gasteiger partial charge in [0.15, 0.2) is 11.6 Å². The van der Waals surface area contributed by atoms with E-state index in [9.17, 15) is 9.18 Å². The molecule has 1 unspecified atom stereocenters. The standard InChI is InChI=1S/C15H12BrClFNO/c16-11-7-6-10(15(18)14(11)17)13(20)8-12(19)9-4-2-1-3-5-9/h1-7,12H,8,19H2. The highest BCUT2D eigenvalue weighted by Crippen LogP contribution is 2.29. The van der Waals surface area contributed by atoms with Gasteiger partial charge in [-0.25, -0.2) is 4.39 Å². The summed E-state index contributed by atoms with van der Waals surface area (Å²) in [5, 5.41) is -0.0934. The van der Waals surface area contributed by atoms with E-state index in [4.69, 9.17) is 17.3 Å². The van der Waals surface area contributed by atoms with Crippen LogP contribution in [0.4, 0.5) is 4.39 Å². The van der Waals surface area contributed by atoms with Crippen LogP contribution in [-0.2, 0) is 0 Å². The van der Waals surface area contributed by atoms with Crippen molar-refractivity contribution in [1.29, 1.82) is 0 Å². The summed E-state index contributed by atoms with van der Waals surface area (Å²) in [5.74, 6) is -1.08. The van der Waals surface area contributed by atoms with Gasteiger partial charge in [-0.15, -0.1) is 0 Å². The zero-order chi connectivity index (χ0) is 14.7. The van der Waals surface area contributed by atoms with Crippen molar-refractivity contribution in [3.8, 4) is 0 Å². The molecule has 2 nitrogen and oxygen atoms in total. The monoisotopic (exact) mass is 355 g/mol. The number of rotatable bonds is 4. The minimum Gasteiger partial charge on any atom is -0.324 e. The Morgan fingerprint density at radius 2 is 1.90 bits per heavy atom. The van der Waals surface area contributed by atoms with E-state index >= 15 is 0 Å². The molecule has 0 saturated heterocycles. The number of halogens is 3. The Balaban J connectivity index is 2.19. The molecule has 0 aliphatic rings. The first kappa shape index (κ1) is 15.2. The minimum atomic E-state index is -0.716. The first-order chi connectivity index (χ1) is 9.50. The molecule has 2 N–H and O–H groups in total. The third-order valence-corrected chi connectivity index (χ3v) is 4.23. The summed E-state index contributed by atoms with van der Waals surface area (Å²) in [5.41, 5.74) is 6.77. The quantitative estimate of drug-likeness (QED) is 0.647. The number of ketones is 1. The molecular formula is C15H12BrClFNO. The average molecular weight is 357 g/mol. The fourth-order valence-electron chi connectivity index (χ4n) is 1.87. The molecule has 0 aliphatic carbocycles. The van der Waals surface area contributed by atoms with Crippen LogP contribution in [0.15, 0.2) is 46.9 Å². The van der Waals surface area contributed by atoms with Gasteiger partial charge in [0, 0.05) is 16.9 Å². The van der Waals surface area contributed by atoms with E-state index < -0.39 is 11.9 Å². The lowest BCUT2D eigenvalue weighted by Crippen LogP contribution is -2.16. The van der Waals surface area contributed by atoms with Gasteiger partial charge in [0.05, 0.1) is 10.6 Å². The molecule has 0 fully saturated rings. The molecule has 0 aliphatic heterocycles. The van der Waals surface area contributed by atoms with Crippen molar-refractivity contribution < 1.29 is 9.18 Å². The highest BCUT2D eigenvalue weighted by Gasteiger charge is 2.19. The Morgan fingerprint density at radius 1 is 1.25 bits per heavy atom. The first-order valence-electron chi connectivity index (χ1n) is 5.98. The summed E-state index contributed by atoms with van der Waals surface area (Å²) >= 11 is 8.88. The van der Waals surface area contributed by atoms with Gasteiger partial charge in [0.2, 0.25) is 0 Å². The Kier molecular flexibility index (Phi) is 4.91. The number of carbonyl (C=O) groups is 1. The number of hydrogen-bond acceptors (Lipinski definition) is 2. The maximum absolute atomic E-state index is 13.9. The first-order valence-corrected chi connectivity index (χ1v) is 7.15. The summed E-state index contributed by atoms with van der Waals surface area (Å²) < 4.78 is 14.4. The Labute approximate surface area is 129 Å². The lowest BCUT2D eigenvalue weighted by atomic mass is 9.98. The molecule has 0 aromatic heterocycles. The molecule has 0 saturated carbocycles. The van der Waals surface area contributed by atoms with Crippen molar-refractivity contribution in [1.82, 2.24) is 0 Å². The SMILES string of the molecule is NC(CC(=O)c1ccc(Br)c(Cl)c1F)c1ccccc1. The van der Waals surface area contributed by atoms with Gasteiger partial charge in [-0.1, -0.05) is 41.9 Å². The number of hydrogen-bond donors (Lipinski definition) is 1. The van der Waals surface area contributed by atoms with Crippen LogP contribution in [0.25, 0.3) is 0 Å². The van der Waals surface area contributed by atoms with Gasteiger partial charge >= 0.3 is 0 Å². The Morgan fingerprint density at radius 3 is 2.55 bits per heavy atom. The lowest BCUT2D eigenvalue weighted by molar-refractivity contribution is 0.0970. The highest BCUT2D eigenvalue weighted by atomic mass is 79.9. The molecule has 0 spiro atoms. The van der Waals surface area contributed by atoms with E-state index in [-0.39, 0.29) is 22.8 Å². The second kappa shape index (κ2) is 6.48. The topological polar surface area (TPSA) is 43.1 Å². The molecular weight excluding hydrogens is 345 g/mol. The molecule has 0 amide bonds. The fraction of sp³-hybridized carbons (Fsp3) is 0.133. The van der Waals surface area contributed by atoms with Crippen molar-refractivity contribution in [2.24, 2.45) is 5.73 Å². The second-order valence-corrected chi connectivity index (χ2v) is 5.60. The van der Waals surface area contributed by atoms with Gasteiger partial charge in [-0.05, 0) is 33.6 Å². The largest absolute Gasteiger partial charge is 0.324 e. The van der Waals surface area contributed by atoms with E-state index in [1.54, 1.807) is 6.07 Å². The van der Waals surface area contributed by atoms with Crippen LogP contribution >= 0.6 is 27.5 Å². The highest BCUT2D eigenvalue weighted by molar-refractivity contribution is 9.10. The van der Waals surface area contributed by atoms with E-state index in [1.807, 2.05) is 30.3 Å². The van der Waals surface area contributed by atoms with Crippen molar-refractivity contribution in [3.05, 3.63) is 68.9 Å². The van der Waals surface area contributed by atoms with Crippen LogP contribution in [0.2, 0.25) is 5.02 Å². The maximum Gasteiger partial charge on any atom is 0.167 e. The van der Waals surface area contributed by atoms with Crippen molar-refractivity contribution >= 4 is 33.3 Å². The van der Waals surface area contributed by atoms with Crippen molar-refractivity contribution in [3.63, 3.8) is 0 Å². The van der Waals surface area contributed by atoms with Crippen LogP contribution in [-0.4, -0.2) is 5.78 Å². The molecule has 0 heterocycles. The molecule has 2 aromatic carbocycles. The van der Waals surface area contributed by atoms with E-state index in [2.05, 4.69) is 15.9 Å². The Hall–Kier alpha value is -1.23. The third kappa shape index (κ3) is 3.26. The van der Waals surface area contributed by atoms with E-state index in [0.29, 0.717) is 4.47 Å². The van der Waals surface area contributed by atoms with Crippen LogP contribution < -0.4 is 5.73 Å². The summed E-state index contributed by atoms with van der Waals surface area (Å²) in [6.45, 7) is 0. The predicted molar refractivity (Wildman–Crippen MR) is 81.4 cm³/mol. The van der Waals surface area contributed by atoms with Gasteiger partial charge < -0.3 is 5.73 Å². The molecule has 5 heteroatoms. The summed E-state index contributed by atoms with van der Waals surface area (Å²) in [6, 6.07) is 11.7. The number of benzene rings is 2. The van der Waals surface area contributed by atoms with Crippen LogP contribution in [0.3, 0.4) is 0 Å². The smallest absolute Gasteiger partial charge is 0.167 e.